The minimum Gasteiger partial charge on any atom is -0.454 e. The number of hydrogen-bond acceptors (Lipinski definition) is 8. The van der Waals surface area contributed by atoms with Crippen LogP contribution in [0.5, 0.6) is 11.5 Å². The summed E-state index contributed by atoms with van der Waals surface area (Å²) in [5.74, 6) is 0.895. The van der Waals surface area contributed by atoms with Crippen LogP contribution in [0.3, 0.4) is 0 Å². The molecular formula is C30H24N4O7S. The van der Waals surface area contributed by atoms with Gasteiger partial charge in [-0.05, 0) is 49.4 Å². The number of benzene rings is 3. The number of carbonyl (C=O) groups is 1. The van der Waals surface area contributed by atoms with Gasteiger partial charge in [-0.3, -0.25) is 4.79 Å². The van der Waals surface area contributed by atoms with Gasteiger partial charge in [-0.2, -0.15) is 0 Å². The third-order valence-corrected chi connectivity index (χ3v) is 8.41. The topological polar surface area (TPSA) is 149 Å². The van der Waals surface area contributed by atoms with Crippen molar-refractivity contribution in [3.05, 3.63) is 107 Å². The van der Waals surface area contributed by atoms with Crippen molar-refractivity contribution in [3.63, 3.8) is 0 Å². The van der Waals surface area contributed by atoms with Gasteiger partial charge >= 0.3 is 6.09 Å². The van der Waals surface area contributed by atoms with Crippen LogP contribution in [0, 0.1) is 6.92 Å². The van der Waals surface area contributed by atoms with E-state index in [0.29, 0.717) is 39.1 Å². The van der Waals surface area contributed by atoms with Crippen LogP contribution in [0.25, 0.3) is 33.1 Å². The van der Waals surface area contributed by atoms with Gasteiger partial charge in [0.15, 0.2) is 23.5 Å². The molecule has 0 atom stereocenters. The molecule has 0 saturated carbocycles. The van der Waals surface area contributed by atoms with Crippen LogP contribution in [0.4, 0.5) is 4.79 Å². The third-order valence-electron chi connectivity index (χ3n) is 6.72. The second-order valence-electron chi connectivity index (χ2n) is 9.57. The molecule has 12 heteroatoms. The van der Waals surface area contributed by atoms with Gasteiger partial charge in [0.2, 0.25) is 5.89 Å². The van der Waals surface area contributed by atoms with Crippen molar-refractivity contribution in [3.8, 4) is 22.6 Å². The van der Waals surface area contributed by atoms with Crippen LogP contribution in [-0.4, -0.2) is 28.0 Å². The average molecular weight is 585 g/mol. The van der Waals surface area contributed by atoms with Crippen molar-refractivity contribution in [2.24, 2.45) is 12.8 Å². The minimum absolute atomic E-state index is 0.0166. The minimum atomic E-state index is -4.09. The largest absolute Gasteiger partial charge is 0.454 e. The highest BCUT2D eigenvalue weighted by atomic mass is 32.2. The first-order chi connectivity index (χ1) is 20.1. The van der Waals surface area contributed by atoms with E-state index in [4.69, 9.17) is 19.6 Å². The van der Waals surface area contributed by atoms with Gasteiger partial charge in [-0.25, -0.2) is 22.2 Å². The predicted molar refractivity (Wildman–Crippen MR) is 155 cm³/mol. The molecule has 1 amide bonds. The molecule has 0 aliphatic heterocycles. The highest BCUT2D eigenvalue weighted by Gasteiger charge is 2.25. The molecule has 2 N–H and O–H groups in total. The Labute approximate surface area is 239 Å². The molecule has 0 fully saturated rings. The number of nitrogens with two attached hydrogens (primary N) is 1. The number of pyridine rings is 1. The molecule has 11 nitrogen and oxygen atoms in total. The van der Waals surface area contributed by atoms with Crippen molar-refractivity contribution in [2.75, 3.05) is 0 Å². The Kier molecular flexibility index (Phi) is 6.54. The molecule has 0 spiro atoms. The van der Waals surface area contributed by atoms with Gasteiger partial charge in [-0.1, -0.05) is 35.9 Å². The Bertz CT molecular complexity index is 2150. The Morgan fingerprint density at radius 2 is 1.74 bits per heavy atom. The molecule has 3 aromatic heterocycles. The molecule has 0 radical (unpaired) electrons. The number of hydrogen-bond donors (Lipinski definition) is 1. The number of rotatable bonds is 7. The van der Waals surface area contributed by atoms with Crippen molar-refractivity contribution in [1.29, 1.82) is 0 Å². The number of fused-ring (bicyclic) bond motifs is 2. The van der Waals surface area contributed by atoms with Gasteiger partial charge in [-0.15, -0.1) is 0 Å². The summed E-state index contributed by atoms with van der Waals surface area (Å²) < 4.78 is 46.6. The molecule has 42 heavy (non-hydrogen) atoms. The summed E-state index contributed by atoms with van der Waals surface area (Å²) in [5, 5.41) is 0.395. The van der Waals surface area contributed by atoms with E-state index in [1.54, 1.807) is 55.7 Å². The van der Waals surface area contributed by atoms with E-state index >= 15 is 0 Å². The summed E-state index contributed by atoms with van der Waals surface area (Å²) >= 11 is 0. The summed E-state index contributed by atoms with van der Waals surface area (Å²) in [7, 11) is -2.54. The number of nitrogens with zero attached hydrogens (tertiary/aromatic N) is 3. The van der Waals surface area contributed by atoms with Gasteiger partial charge in [0.1, 0.15) is 11.3 Å². The highest BCUT2D eigenvalue weighted by molar-refractivity contribution is 7.90. The molecule has 3 heterocycles. The molecule has 0 aliphatic rings. The van der Waals surface area contributed by atoms with Crippen molar-refractivity contribution < 1.29 is 27.1 Å². The van der Waals surface area contributed by atoms with E-state index < -0.39 is 21.7 Å². The smallest absolute Gasteiger partial charge is 0.405 e. The molecule has 0 aliphatic carbocycles. The first kappa shape index (κ1) is 26.8. The van der Waals surface area contributed by atoms with E-state index in [2.05, 4.69) is 4.98 Å². The Hall–Kier alpha value is -5.36. The van der Waals surface area contributed by atoms with Crippen LogP contribution < -0.4 is 16.0 Å². The van der Waals surface area contributed by atoms with E-state index in [9.17, 15) is 18.0 Å². The number of aryl methyl sites for hydroxylation is 2. The average Bonchev–Trinajstić information content (AvgIpc) is 3.61. The lowest BCUT2D eigenvalue weighted by atomic mass is 10.0. The number of oxazole rings is 1. The highest BCUT2D eigenvalue weighted by Crippen LogP contribution is 2.42. The predicted octanol–water partition coefficient (Wildman–Crippen LogP) is 5.08. The Balaban J connectivity index is 1.59. The second-order valence-corrected chi connectivity index (χ2v) is 11.4. The lowest BCUT2D eigenvalue weighted by Crippen LogP contribution is -2.22. The van der Waals surface area contributed by atoms with Gasteiger partial charge in [0, 0.05) is 36.0 Å². The molecule has 0 saturated heterocycles. The van der Waals surface area contributed by atoms with Gasteiger partial charge in [0.05, 0.1) is 4.90 Å². The summed E-state index contributed by atoms with van der Waals surface area (Å²) in [4.78, 5) is 29.1. The zero-order valence-electron chi connectivity index (χ0n) is 22.5. The Morgan fingerprint density at radius 3 is 2.45 bits per heavy atom. The van der Waals surface area contributed by atoms with E-state index in [-0.39, 0.29) is 22.9 Å². The Morgan fingerprint density at radius 1 is 1.00 bits per heavy atom. The fraction of sp³-hybridized carbons (Fsp3) is 0.100. The first-order valence-corrected chi connectivity index (χ1v) is 14.2. The number of amides is 1. The first-order valence-electron chi connectivity index (χ1n) is 12.7. The molecule has 6 rings (SSSR count). The molecule has 0 unspecified atom stereocenters. The van der Waals surface area contributed by atoms with Gasteiger partial charge in [0.25, 0.3) is 15.6 Å². The summed E-state index contributed by atoms with van der Waals surface area (Å²) in [6, 6.07) is 20.4. The maximum absolute atomic E-state index is 13.6. The van der Waals surface area contributed by atoms with Crippen molar-refractivity contribution in [1.82, 2.24) is 13.5 Å². The fourth-order valence-electron chi connectivity index (χ4n) is 4.70. The fourth-order valence-corrected chi connectivity index (χ4v) is 6.05. The van der Waals surface area contributed by atoms with E-state index in [1.807, 2.05) is 25.1 Å². The standard InChI is InChI=1S/C30H24N4O7S/c1-18-8-10-20(11-9-18)42(37,38)34-15-14-21-23(16-33(2)29(35)27(21)34)22-12-13-24-26(32-25(41-24)17-39-30(31)36)28(22)40-19-6-4-3-5-7-19/h3-16H,17H2,1-2H3,(H2,31,36). The number of aromatic nitrogens is 3. The maximum atomic E-state index is 13.6. The van der Waals surface area contributed by atoms with Crippen molar-refractivity contribution in [2.45, 2.75) is 18.4 Å². The molecule has 212 valence electrons. The van der Waals surface area contributed by atoms with E-state index in [0.717, 1.165) is 9.54 Å². The van der Waals surface area contributed by atoms with Crippen LogP contribution in [0.2, 0.25) is 0 Å². The quantitative estimate of drug-likeness (QED) is 0.273. The monoisotopic (exact) mass is 584 g/mol. The summed E-state index contributed by atoms with van der Waals surface area (Å²) in [6.45, 7) is 1.58. The van der Waals surface area contributed by atoms with Crippen molar-refractivity contribution >= 4 is 38.1 Å². The van der Waals surface area contributed by atoms with Gasteiger partial charge < -0.3 is 24.2 Å². The summed E-state index contributed by atoms with van der Waals surface area (Å²) in [6.07, 6.45) is 2.01. The third kappa shape index (κ3) is 4.67. The maximum Gasteiger partial charge on any atom is 0.405 e. The zero-order valence-corrected chi connectivity index (χ0v) is 23.3. The van der Waals surface area contributed by atoms with E-state index in [1.165, 1.54) is 22.9 Å². The molecule has 0 bridgehead atoms. The molecular weight excluding hydrogens is 560 g/mol. The number of primary amides is 1. The number of carbonyl (C=O) groups excluding carboxylic acids is 1. The lowest BCUT2D eigenvalue weighted by molar-refractivity contribution is 0.140. The zero-order chi connectivity index (χ0) is 29.6. The SMILES string of the molecule is Cc1ccc(S(=O)(=O)n2ccc3c(-c4ccc5oc(COC(N)=O)nc5c4Oc4ccccc4)cn(C)c(=O)c32)cc1. The summed E-state index contributed by atoms with van der Waals surface area (Å²) in [5.41, 5.74) is 7.22. The number of para-hydroxylation sites is 1. The molecule has 6 aromatic rings. The second kappa shape index (κ2) is 10.2. The van der Waals surface area contributed by atoms with Crippen LogP contribution in [0.1, 0.15) is 11.5 Å². The van der Waals surface area contributed by atoms with Crippen LogP contribution in [-0.2, 0) is 28.4 Å². The molecule has 3 aromatic carbocycles. The lowest BCUT2D eigenvalue weighted by Gasteiger charge is -2.14. The number of ether oxygens (including phenoxy) is 2. The normalized spacial score (nSPS) is 11.7. The van der Waals surface area contributed by atoms with Crippen LogP contribution in [0.15, 0.2) is 99.3 Å². The van der Waals surface area contributed by atoms with Crippen LogP contribution >= 0.6 is 0 Å².